The van der Waals surface area contributed by atoms with Gasteiger partial charge in [0.25, 0.3) is 5.91 Å². The number of thiocarbonyl (C=S) groups is 1. The fourth-order valence-electron chi connectivity index (χ4n) is 4.38. The van der Waals surface area contributed by atoms with Gasteiger partial charge in [0, 0.05) is 57.1 Å². The van der Waals surface area contributed by atoms with Crippen molar-refractivity contribution in [3.8, 4) is 5.75 Å². The van der Waals surface area contributed by atoms with Crippen molar-refractivity contribution in [1.29, 1.82) is 0 Å². The maximum absolute atomic E-state index is 13.1. The van der Waals surface area contributed by atoms with Crippen LogP contribution in [-0.2, 0) is 9.59 Å². The SMILES string of the molecule is COc1ccc2c(c1)C1=NC(=S)N(CCCCC(=O)N3CCN(c4ncccn4)CC3)C(=O)C1=N2. The number of rotatable bonds is 7. The highest BCUT2D eigenvalue weighted by molar-refractivity contribution is 7.80. The summed E-state index contributed by atoms with van der Waals surface area (Å²) < 4.78 is 5.28. The van der Waals surface area contributed by atoms with Gasteiger partial charge in [-0.3, -0.25) is 14.5 Å². The molecule has 5 rings (SSSR count). The highest BCUT2D eigenvalue weighted by Crippen LogP contribution is 2.33. The Balaban J connectivity index is 1.11. The normalized spacial score (nSPS) is 17.1. The molecule has 11 heteroatoms. The van der Waals surface area contributed by atoms with Crippen molar-refractivity contribution < 1.29 is 14.3 Å². The predicted octanol–water partition coefficient (Wildman–Crippen LogP) is 2.01. The minimum absolute atomic E-state index is 0.121. The summed E-state index contributed by atoms with van der Waals surface area (Å²) in [6, 6.07) is 7.21. The molecule has 0 unspecified atom stereocenters. The van der Waals surface area contributed by atoms with Gasteiger partial charge in [-0.25, -0.2) is 20.0 Å². The van der Waals surface area contributed by atoms with E-state index >= 15 is 0 Å². The van der Waals surface area contributed by atoms with Gasteiger partial charge in [0.2, 0.25) is 17.0 Å². The molecule has 0 aliphatic carbocycles. The Morgan fingerprint density at radius 1 is 1.06 bits per heavy atom. The first-order valence-corrected chi connectivity index (χ1v) is 12.0. The van der Waals surface area contributed by atoms with Crippen LogP contribution in [0.4, 0.5) is 11.6 Å². The minimum Gasteiger partial charge on any atom is -0.497 e. The van der Waals surface area contributed by atoms with Gasteiger partial charge in [-0.1, -0.05) is 0 Å². The fourth-order valence-corrected chi connectivity index (χ4v) is 4.64. The molecule has 2 amide bonds. The van der Waals surface area contributed by atoms with Gasteiger partial charge in [0.1, 0.15) is 11.5 Å². The van der Waals surface area contributed by atoms with Crippen LogP contribution < -0.4 is 9.64 Å². The van der Waals surface area contributed by atoms with E-state index in [0.717, 1.165) is 5.56 Å². The number of piperazine rings is 1. The molecule has 35 heavy (non-hydrogen) atoms. The summed E-state index contributed by atoms with van der Waals surface area (Å²) in [5.41, 5.74) is 2.24. The standard InChI is InChI=1S/C24H25N7O3S/c1-34-16-6-7-18-17(15-16)20-21(27-18)22(33)31(24(35)28-20)10-3-2-5-19(32)29-11-13-30(14-12-29)23-25-8-4-9-26-23/h4,6-9,15H,2-3,5,10-14H2,1H3. The van der Waals surface area contributed by atoms with Gasteiger partial charge in [0.05, 0.1) is 12.8 Å². The van der Waals surface area contributed by atoms with Crippen molar-refractivity contribution in [3.63, 3.8) is 0 Å². The molecule has 0 N–H and O–H groups in total. The van der Waals surface area contributed by atoms with Gasteiger partial charge in [-0.15, -0.1) is 0 Å². The van der Waals surface area contributed by atoms with E-state index in [0.29, 0.717) is 80.8 Å². The molecule has 1 aromatic carbocycles. The van der Waals surface area contributed by atoms with Crippen LogP contribution in [0.25, 0.3) is 0 Å². The van der Waals surface area contributed by atoms with Crippen LogP contribution in [0, 0.1) is 0 Å². The molecule has 180 valence electrons. The number of nitrogens with zero attached hydrogens (tertiary/aromatic N) is 7. The number of hydrogen-bond acceptors (Lipinski definition) is 8. The largest absolute Gasteiger partial charge is 0.497 e. The number of aromatic nitrogens is 2. The van der Waals surface area contributed by atoms with Crippen LogP contribution in [0.2, 0.25) is 0 Å². The number of carbonyl (C=O) groups is 2. The minimum atomic E-state index is -0.249. The number of amides is 2. The Labute approximate surface area is 208 Å². The monoisotopic (exact) mass is 491 g/mol. The van der Waals surface area contributed by atoms with Crippen molar-refractivity contribution in [1.82, 2.24) is 19.8 Å². The zero-order chi connectivity index (χ0) is 24.4. The number of aliphatic imine (C=N–C) groups is 2. The summed E-state index contributed by atoms with van der Waals surface area (Å²) >= 11 is 5.41. The zero-order valence-corrected chi connectivity index (χ0v) is 20.2. The van der Waals surface area contributed by atoms with E-state index in [1.807, 2.05) is 11.0 Å². The van der Waals surface area contributed by atoms with Crippen molar-refractivity contribution >= 4 is 52.2 Å². The summed E-state index contributed by atoms with van der Waals surface area (Å²) in [7, 11) is 1.59. The van der Waals surface area contributed by atoms with Crippen LogP contribution in [0.15, 0.2) is 46.6 Å². The molecule has 0 saturated carbocycles. The second-order valence-corrected chi connectivity index (χ2v) is 8.78. The molecular formula is C24H25N7O3S. The Morgan fingerprint density at radius 3 is 2.57 bits per heavy atom. The third kappa shape index (κ3) is 4.63. The number of benzene rings is 1. The Hall–Kier alpha value is -3.73. The predicted molar refractivity (Wildman–Crippen MR) is 136 cm³/mol. The first-order chi connectivity index (χ1) is 17.0. The lowest BCUT2D eigenvalue weighted by atomic mass is 10.0. The van der Waals surface area contributed by atoms with Crippen LogP contribution >= 0.6 is 12.2 Å². The van der Waals surface area contributed by atoms with Gasteiger partial charge in [-0.2, -0.15) is 0 Å². The van der Waals surface area contributed by atoms with E-state index in [2.05, 4.69) is 24.9 Å². The fraction of sp³-hybridized carbons (Fsp3) is 0.375. The number of anilines is 1. The van der Waals surface area contributed by atoms with Crippen molar-refractivity contribution in [2.75, 3.05) is 44.7 Å². The number of ether oxygens (including phenoxy) is 1. The van der Waals surface area contributed by atoms with Crippen LogP contribution in [0.3, 0.4) is 0 Å². The van der Waals surface area contributed by atoms with Gasteiger partial charge < -0.3 is 14.5 Å². The number of fused-ring (bicyclic) bond motifs is 3. The van der Waals surface area contributed by atoms with Gasteiger partial charge in [-0.05, 0) is 49.3 Å². The number of unbranched alkanes of at least 4 members (excludes halogenated alkanes) is 1. The lowest BCUT2D eigenvalue weighted by Crippen LogP contribution is -2.49. The second-order valence-electron chi connectivity index (χ2n) is 8.42. The average Bonchev–Trinajstić information content (AvgIpc) is 3.26. The molecule has 10 nitrogen and oxygen atoms in total. The summed E-state index contributed by atoms with van der Waals surface area (Å²) in [5.74, 6) is 1.24. The lowest BCUT2D eigenvalue weighted by molar-refractivity contribution is -0.131. The quantitative estimate of drug-likeness (QED) is 0.431. The molecule has 3 aliphatic heterocycles. The van der Waals surface area contributed by atoms with Crippen molar-refractivity contribution in [2.24, 2.45) is 9.98 Å². The molecule has 0 spiro atoms. The highest BCUT2D eigenvalue weighted by Gasteiger charge is 2.37. The Bertz CT molecular complexity index is 1220. The van der Waals surface area contributed by atoms with Crippen molar-refractivity contribution in [2.45, 2.75) is 19.3 Å². The maximum Gasteiger partial charge on any atom is 0.280 e. The zero-order valence-electron chi connectivity index (χ0n) is 19.4. The number of hydrogen-bond donors (Lipinski definition) is 0. The molecule has 1 saturated heterocycles. The van der Waals surface area contributed by atoms with E-state index in [1.165, 1.54) is 4.90 Å². The molecular weight excluding hydrogens is 466 g/mol. The van der Waals surface area contributed by atoms with E-state index < -0.39 is 0 Å². The summed E-state index contributed by atoms with van der Waals surface area (Å²) in [5, 5.41) is 0.227. The first kappa shape index (κ1) is 23.0. The Kier molecular flexibility index (Phi) is 6.49. The van der Waals surface area contributed by atoms with Crippen LogP contribution in [0.1, 0.15) is 24.8 Å². The van der Waals surface area contributed by atoms with Gasteiger partial charge >= 0.3 is 0 Å². The lowest BCUT2D eigenvalue weighted by Gasteiger charge is -2.34. The van der Waals surface area contributed by atoms with E-state index in [4.69, 9.17) is 17.0 Å². The molecule has 4 heterocycles. The molecule has 2 aromatic rings. The van der Waals surface area contributed by atoms with E-state index in [-0.39, 0.29) is 16.9 Å². The molecule has 0 radical (unpaired) electrons. The smallest absolute Gasteiger partial charge is 0.280 e. The molecule has 0 atom stereocenters. The van der Waals surface area contributed by atoms with Crippen LogP contribution in [0.5, 0.6) is 5.75 Å². The second kappa shape index (κ2) is 9.87. The number of carbonyl (C=O) groups excluding carboxylic acids is 2. The highest BCUT2D eigenvalue weighted by atomic mass is 32.1. The maximum atomic E-state index is 13.1. The summed E-state index contributed by atoms with van der Waals surface area (Å²) in [6.45, 7) is 3.12. The third-order valence-corrected chi connectivity index (χ3v) is 6.60. The average molecular weight is 492 g/mol. The van der Waals surface area contributed by atoms with E-state index in [1.54, 1.807) is 37.7 Å². The van der Waals surface area contributed by atoms with Crippen molar-refractivity contribution in [3.05, 3.63) is 42.2 Å². The first-order valence-electron chi connectivity index (χ1n) is 11.6. The molecule has 1 aromatic heterocycles. The van der Waals surface area contributed by atoms with E-state index in [9.17, 15) is 9.59 Å². The molecule has 0 bridgehead atoms. The summed E-state index contributed by atoms with van der Waals surface area (Å²) in [4.78, 5) is 48.7. The number of methoxy groups -OCH3 is 1. The van der Waals surface area contributed by atoms with Gasteiger partial charge in [0.15, 0.2) is 5.71 Å². The third-order valence-electron chi connectivity index (χ3n) is 6.29. The van der Waals surface area contributed by atoms with Crippen LogP contribution in [-0.4, -0.2) is 88.0 Å². The molecule has 1 fully saturated rings. The Morgan fingerprint density at radius 2 is 1.83 bits per heavy atom. The topological polar surface area (TPSA) is 104 Å². The summed E-state index contributed by atoms with van der Waals surface area (Å²) in [6.07, 6.45) is 5.18. The molecule has 3 aliphatic rings.